The summed E-state index contributed by atoms with van der Waals surface area (Å²) in [6.45, 7) is 30.5. The zero-order chi connectivity index (χ0) is 45.6. The Morgan fingerprint density at radius 1 is 0.951 bits per heavy atom. The SMILES string of the molecule is C=CCOC(=O)NCC[C@](/C=C/[C@@H]1OC(=O)C=C[C@@H]1CC)(O[Si](CC)(CC)CC)[C@@H](C[C@H](/C=C\C=C/C1CCCCC1)O[Si](C)(C)C(C)(C)C)OP(=O)(OCC=C)OCC=C. The molecule has 11 nitrogen and oxygen atoms in total. The molecule has 0 aromatic heterocycles. The molecule has 1 heterocycles. The first kappa shape index (κ1) is 54.5. The second-order valence-electron chi connectivity index (χ2n) is 17.6. The molecule has 0 aromatic rings. The zero-order valence-corrected chi connectivity index (χ0v) is 41.9. The van der Waals surface area contributed by atoms with Crippen molar-refractivity contribution in [1.29, 1.82) is 0 Å². The molecule has 1 saturated carbocycles. The zero-order valence-electron chi connectivity index (χ0n) is 39.0. The molecule has 0 unspecified atom stereocenters. The van der Waals surface area contributed by atoms with Crippen molar-refractivity contribution in [1.82, 2.24) is 5.32 Å². The van der Waals surface area contributed by atoms with Gasteiger partial charge in [0.2, 0.25) is 0 Å². The molecule has 2 aliphatic rings. The van der Waals surface area contributed by atoms with Crippen molar-refractivity contribution in [3.63, 3.8) is 0 Å². The highest BCUT2D eigenvalue weighted by Crippen LogP contribution is 2.54. The van der Waals surface area contributed by atoms with Gasteiger partial charge in [-0.05, 0) is 73.9 Å². The number of hydrogen-bond acceptors (Lipinski definition) is 10. The van der Waals surface area contributed by atoms with Crippen LogP contribution in [0.5, 0.6) is 0 Å². The Hall–Kier alpha value is -2.62. The van der Waals surface area contributed by atoms with Gasteiger partial charge in [0, 0.05) is 25.0 Å². The largest absolute Gasteiger partial charge is 0.475 e. The Morgan fingerprint density at radius 2 is 1.57 bits per heavy atom. The fourth-order valence-electron chi connectivity index (χ4n) is 7.34. The van der Waals surface area contributed by atoms with Crippen molar-refractivity contribution in [2.24, 2.45) is 11.8 Å². The number of ether oxygens (including phenoxy) is 2. The van der Waals surface area contributed by atoms with E-state index in [0.717, 1.165) is 18.1 Å². The molecule has 5 atom stereocenters. The number of hydrogen-bond donors (Lipinski definition) is 1. The van der Waals surface area contributed by atoms with E-state index in [4.69, 9.17) is 31.9 Å². The first-order valence-electron chi connectivity index (χ1n) is 22.5. The van der Waals surface area contributed by atoms with Gasteiger partial charge in [-0.15, -0.1) is 13.2 Å². The summed E-state index contributed by atoms with van der Waals surface area (Å²) in [6, 6.07) is 2.30. The van der Waals surface area contributed by atoms with Crippen LogP contribution < -0.4 is 5.32 Å². The number of phosphoric ester groups is 1. The van der Waals surface area contributed by atoms with E-state index < -0.39 is 60.4 Å². The molecule has 0 aromatic carbocycles. The summed E-state index contributed by atoms with van der Waals surface area (Å²) in [7, 11) is -9.46. The van der Waals surface area contributed by atoms with Crippen molar-refractivity contribution >= 4 is 36.5 Å². The number of phosphoric acid groups is 1. The maximum Gasteiger partial charge on any atom is 0.475 e. The smallest absolute Gasteiger partial charge is 0.454 e. The number of rotatable bonds is 29. The fourth-order valence-corrected chi connectivity index (χ4v) is 13.0. The highest BCUT2D eigenvalue weighted by molar-refractivity contribution is 7.48. The third kappa shape index (κ3) is 18.2. The molecule has 61 heavy (non-hydrogen) atoms. The van der Waals surface area contributed by atoms with E-state index in [1.54, 1.807) is 0 Å². The van der Waals surface area contributed by atoms with E-state index in [2.05, 4.69) is 97.9 Å². The summed E-state index contributed by atoms with van der Waals surface area (Å²) in [5, 5.41) is 2.74. The molecule has 0 radical (unpaired) electrons. The van der Waals surface area contributed by atoms with Gasteiger partial charge in [0.1, 0.15) is 24.4 Å². The van der Waals surface area contributed by atoms with Gasteiger partial charge in [-0.3, -0.25) is 13.6 Å². The second-order valence-corrected chi connectivity index (χ2v) is 28.7. The summed E-state index contributed by atoms with van der Waals surface area (Å²) in [5.74, 6) is -0.0129. The molecule has 346 valence electrons. The second kappa shape index (κ2) is 26.9. The normalized spacial score (nSPS) is 20.4. The predicted molar refractivity (Wildman–Crippen MR) is 253 cm³/mol. The third-order valence-electron chi connectivity index (χ3n) is 12.3. The van der Waals surface area contributed by atoms with Crippen molar-refractivity contribution < 1.29 is 46.1 Å². The molecule has 2 rings (SSSR count). The first-order valence-corrected chi connectivity index (χ1v) is 29.4. The predicted octanol–water partition coefficient (Wildman–Crippen LogP) is 12.5. The van der Waals surface area contributed by atoms with Crippen LogP contribution in [0.1, 0.15) is 99.8 Å². The number of amides is 1. The van der Waals surface area contributed by atoms with Crippen molar-refractivity contribution in [2.75, 3.05) is 26.4 Å². The highest BCUT2D eigenvalue weighted by atomic mass is 31.2. The molecule has 1 fully saturated rings. The summed E-state index contributed by atoms with van der Waals surface area (Å²) < 4.78 is 59.6. The Bertz CT molecular complexity index is 1520. The minimum absolute atomic E-state index is 0.0358. The van der Waals surface area contributed by atoms with E-state index in [1.807, 2.05) is 31.2 Å². The number of cyclic esters (lactones) is 1. The first-order chi connectivity index (χ1) is 28.9. The summed E-state index contributed by atoms with van der Waals surface area (Å²) in [5.41, 5.74) is -1.41. The minimum Gasteiger partial charge on any atom is -0.454 e. The maximum absolute atomic E-state index is 14.9. The van der Waals surface area contributed by atoms with Crippen molar-refractivity contribution in [2.45, 2.75) is 160 Å². The van der Waals surface area contributed by atoms with Crippen LogP contribution in [0.15, 0.2) is 86.6 Å². The van der Waals surface area contributed by atoms with Gasteiger partial charge < -0.3 is 23.6 Å². The van der Waals surface area contributed by atoms with Crippen molar-refractivity contribution in [3.05, 3.63) is 86.6 Å². The molecule has 1 amide bonds. The lowest BCUT2D eigenvalue weighted by Gasteiger charge is -2.47. The van der Waals surface area contributed by atoms with Crippen LogP contribution in [0, 0.1) is 11.8 Å². The van der Waals surface area contributed by atoms with Gasteiger partial charge >= 0.3 is 19.9 Å². The van der Waals surface area contributed by atoms with E-state index in [9.17, 15) is 14.2 Å². The van der Waals surface area contributed by atoms with Crippen LogP contribution in [-0.2, 0) is 41.3 Å². The molecular weight excluding hydrogens is 826 g/mol. The lowest BCUT2D eigenvalue weighted by atomic mass is 9.86. The van der Waals surface area contributed by atoms with E-state index in [1.165, 1.54) is 56.4 Å². The standard InChI is InChI=1S/C47H80NO10PSi2/c1-13-35-52-45(50)48-34-33-47(58-61(17-5,18-6)19-7,32-31-42-40(16-4)29-30-44(49)55-42)43(56-59(51,53-36-14-2)54-37-15-3)38-41(57-60(11,12)46(8,9)10)28-24-23-27-39-25-21-20-22-26-39/h13-15,23-24,27-32,39-43H,1-3,16-22,25-26,33-38H2,4-12H3,(H,48,50)/b27-23-,28-24-,32-31+/t40-,41-,42-,43+,47-/m0/s1. The van der Waals surface area contributed by atoms with Gasteiger partial charge in [-0.25, -0.2) is 14.2 Å². The topological polar surface area (TPSA) is 128 Å². The number of carbonyl (C=O) groups is 2. The molecular formula is C47H80NO10PSi2. The summed E-state index contributed by atoms with van der Waals surface area (Å²) in [6.07, 6.45) is 24.3. The molecule has 1 aliphatic heterocycles. The Balaban J connectivity index is 3.03. The molecule has 0 bridgehead atoms. The van der Waals surface area contributed by atoms with E-state index in [0.29, 0.717) is 12.3 Å². The molecule has 1 aliphatic carbocycles. The van der Waals surface area contributed by atoms with E-state index >= 15 is 0 Å². The molecule has 14 heteroatoms. The molecule has 0 saturated heterocycles. The average molecular weight is 906 g/mol. The molecule has 0 spiro atoms. The van der Waals surface area contributed by atoms with Crippen LogP contribution in [0.3, 0.4) is 0 Å². The average Bonchev–Trinajstić information content (AvgIpc) is 3.23. The van der Waals surface area contributed by atoms with Crippen molar-refractivity contribution in [3.8, 4) is 0 Å². The lowest BCUT2D eigenvalue weighted by Crippen LogP contribution is -2.56. The fraction of sp³-hybridized carbons (Fsp3) is 0.660. The van der Waals surface area contributed by atoms with E-state index in [-0.39, 0.29) is 50.2 Å². The number of allylic oxidation sites excluding steroid dienone is 3. The third-order valence-corrected chi connectivity index (χ3v) is 22.9. The minimum atomic E-state index is -4.38. The van der Waals surface area contributed by atoms with Crippen LogP contribution in [0.2, 0.25) is 36.3 Å². The van der Waals surface area contributed by atoms with Crippen LogP contribution in [0.4, 0.5) is 4.79 Å². The van der Waals surface area contributed by atoms with Crippen LogP contribution >= 0.6 is 7.82 Å². The Morgan fingerprint density at radius 3 is 2.13 bits per heavy atom. The lowest BCUT2D eigenvalue weighted by molar-refractivity contribution is -0.143. The Kier molecular flexibility index (Phi) is 24.0. The monoisotopic (exact) mass is 906 g/mol. The summed E-state index contributed by atoms with van der Waals surface area (Å²) in [4.78, 5) is 25.6. The maximum atomic E-state index is 14.9. The number of nitrogens with one attached hydrogen (secondary N) is 1. The number of esters is 1. The van der Waals surface area contributed by atoms with Gasteiger partial charge in [-0.2, -0.15) is 0 Å². The van der Waals surface area contributed by atoms with Gasteiger partial charge in [0.05, 0.1) is 19.3 Å². The number of carbonyl (C=O) groups excluding carboxylic acids is 2. The quantitative estimate of drug-likeness (QED) is 0.0255. The Labute approximate surface area is 371 Å². The van der Waals surface area contributed by atoms with Crippen LogP contribution in [-0.4, -0.2) is 79.0 Å². The van der Waals surface area contributed by atoms with Crippen LogP contribution in [0.25, 0.3) is 0 Å². The molecule has 1 N–H and O–H groups in total. The van der Waals surface area contributed by atoms with Gasteiger partial charge in [0.15, 0.2) is 16.6 Å². The van der Waals surface area contributed by atoms with Gasteiger partial charge in [0.25, 0.3) is 0 Å². The highest BCUT2D eigenvalue weighted by Gasteiger charge is 2.50. The number of alkyl carbamates (subject to hydrolysis) is 1. The summed E-state index contributed by atoms with van der Waals surface area (Å²) >= 11 is 0. The van der Waals surface area contributed by atoms with Gasteiger partial charge in [-0.1, -0.05) is 129 Å².